The van der Waals surface area contributed by atoms with Crippen molar-refractivity contribution in [3.05, 3.63) is 65.7 Å². The first kappa shape index (κ1) is 16.2. The average Bonchev–Trinajstić information content (AvgIpc) is 2.48. The van der Waals surface area contributed by atoms with Crippen LogP contribution in [0.25, 0.3) is 0 Å². The summed E-state index contributed by atoms with van der Waals surface area (Å²) in [4.78, 5) is 0.298. The van der Waals surface area contributed by atoms with Gasteiger partial charge in [0.25, 0.3) is 0 Å². The number of aryl methyl sites for hydroxylation is 1. The van der Waals surface area contributed by atoms with E-state index in [9.17, 15) is 8.42 Å². The zero-order chi connectivity index (χ0) is 15.3. The predicted octanol–water partition coefficient (Wildman–Crippen LogP) is 3.28. The molecular formula is C16H18BrNO2S. The first-order chi connectivity index (χ1) is 10.0. The van der Waals surface area contributed by atoms with Crippen LogP contribution < -0.4 is 4.72 Å². The molecule has 0 bridgehead atoms. The van der Waals surface area contributed by atoms with Crippen LogP contribution in [-0.2, 0) is 16.4 Å². The van der Waals surface area contributed by atoms with Gasteiger partial charge in [-0.3, -0.25) is 0 Å². The molecule has 0 unspecified atom stereocenters. The minimum atomic E-state index is -3.49. The van der Waals surface area contributed by atoms with Gasteiger partial charge in [-0.05, 0) is 31.0 Å². The van der Waals surface area contributed by atoms with E-state index < -0.39 is 10.0 Å². The number of alkyl halides is 1. The molecule has 0 fully saturated rings. The molecule has 0 radical (unpaired) electrons. The van der Waals surface area contributed by atoms with Crippen molar-refractivity contribution in [2.45, 2.75) is 24.3 Å². The van der Waals surface area contributed by atoms with Gasteiger partial charge in [-0.15, -0.1) is 0 Å². The predicted molar refractivity (Wildman–Crippen MR) is 89.2 cm³/mol. The maximum absolute atomic E-state index is 12.4. The lowest BCUT2D eigenvalue weighted by atomic mass is 10.1. The van der Waals surface area contributed by atoms with E-state index in [2.05, 4.69) is 20.7 Å². The molecule has 5 heteroatoms. The normalized spacial score (nSPS) is 13.0. The first-order valence-corrected chi connectivity index (χ1v) is 9.30. The summed E-state index contributed by atoms with van der Waals surface area (Å²) in [5.74, 6) is 0. The van der Waals surface area contributed by atoms with E-state index in [0.29, 0.717) is 16.6 Å². The van der Waals surface area contributed by atoms with Gasteiger partial charge in [0.15, 0.2) is 0 Å². The van der Waals surface area contributed by atoms with Crippen molar-refractivity contribution in [3.63, 3.8) is 0 Å². The maximum atomic E-state index is 12.4. The van der Waals surface area contributed by atoms with E-state index in [1.54, 1.807) is 24.3 Å². The minimum Gasteiger partial charge on any atom is -0.207 e. The minimum absolute atomic E-state index is 0.182. The fourth-order valence-electron chi connectivity index (χ4n) is 2.03. The topological polar surface area (TPSA) is 46.2 Å². The zero-order valence-corrected chi connectivity index (χ0v) is 14.2. The maximum Gasteiger partial charge on any atom is 0.240 e. The molecule has 3 nitrogen and oxygen atoms in total. The SMILES string of the molecule is Cc1ccc(S(=O)(=O)N[C@H](CBr)Cc2ccccc2)cc1. The summed E-state index contributed by atoms with van der Waals surface area (Å²) < 4.78 is 27.5. The number of nitrogens with one attached hydrogen (secondary N) is 1. The number of hydrogen-bond acceptors (Lipinski definition) is 2. The molecule has 0 amide bonds. The second kappa shape index (κ2) is 7.20. The second-order valence-corrected chi connectivity index (χ2v) is 7.34. The molecule has 0 aromatic heterocycles. The molecule has 0 aliphatic carbocycles. The van der Waals surface area contributed by atoms with Gasteiger partial charge in [0.1, 0.15) is 0 Å². The van der Waals surface area contributed by atoms with Crippen LogP contribution in [0, 0.1) is 6.92 Å². The van der Waals surface area contributed by atoms with Crippen LogP contribution in [0.15, 0.2) is 59.5 Å². The van der Waals surface area contributed by atoms with Crippen LogP contribution in [0.2, 0.25) is 0 Å². The fourth-order valence-corrected chi connectivity index (χ4v) is 3.87. The summed E-state index contributed by atoms with van der Waals surface area (Å²) in [5, 5.41) is 0.562. The Hall–Kier alpha value is -1.17. The van der Waals surface area contributed by atoms with Crippen molar-refractivity contribution in [1.29, 1.82) is 0 Å². The molecule has 0 saturated heterocycles. The molecule has 2 aromatic carbocycles. The lowest BCUT2D eigenvalue weighted by molar-refractivity contribution is 0.562. The van der Waals surface area contributed by atoms with Crippen LogP contribution in [0.4, 0.5) is 0 Å². The van der Waals surface area contributed by atoms with E-state index in [4.69, 9.17) is 0 Å². The molecule has 112 valence electrons. The van der Waals surface area contributed by atoms with Crippen molar-refractivity contribution >= 4 is 26.0 Å². The first-order valence-electron chi connectivity index (χ1n) is 6.70. The number of benzene rings is 2. The number of hydrogen-bond donors (Lipinski definition) is 1. The summed E-state index contributed by atoms with van der Waals surface area (Å²) in [7, 11) is -3.49. The van der Waals surface area contributed by atoms with Crippen LogP contribution in [-0.4, -0.2) is 19.8 Å². The van der Waals surface area contributed by atoms with Crippen molar-refractivity contribution < 1.29 is 8.42 Å². The van der Waals surface area contributed by atoms with Gasteiger partial charge < -0.3 is 0 Å². The average molecular weight is 368 g/mol. The Bertz CT molecular complexity index is 669. The highest BCUT2D eigenvalue weighted by atomic mass is 79.9. The third-order valence-corrected chi connectivity index (χ3v) is 5.48. The molecular weight excluding hydrogens is 350 g/mol. The lowest BCUT2D eigenvalue weighted by Crippen LogP contribution is -2.37. The van der Waals surface area contributed by atoms with E-state index in [-0.39, 0.29) is 6.04 Å². The van der Waals surface area contributed by atoms with Gasteiger partial charge >= 0.3 is 0 Å². The van der Waals surface area contributed by atoms with Crippen molar-refractivity contribution in [3.8, 4) is 0 Å². The summed E-state index contributed by atoms with van der Waals surface area (Å²) in [6.45, 7) is 1.93. The van der Waals surface area contributed by atoms with Gasteiger partial charge in [0.2, 0.25) is 10.0 Å². The van der Waals surface area contributed by atoms with Gasteiger partial charge in [0.05, 0.1) is 4.90 Å². The molecule has 0 saturated carbocycles. The Morgan fingerprint density at radius 3 is 2.24 bits per heavy atom. The van der Waals surface area contributed by atoms with Gasteiger partial charge in [-0.25, -0.2) is 13.1 Å². The molecule has 2 rings (SSSR count). The molecule has 0 spiro atoms. The van der Waals surface area contributed by atoms with Gasteiger partial charge in [0, 0.05) is 11.4 Å². The number of halogens is 1. The Kier molecular flexibility index (Phi) is 5.56. The van der Waals surface area contributed by atoms with E-state index in [1.165, 1.54) is 0 Å². The second-order valence-electron chi connectivity index (χ2n) is 4.98. The van der Waals surface area contributed by atoms with Crippen molar-refractivity contribution in [1.82, 2.24) is 4.72 Å². The summed E-state index contributed by atoms with van der Waals surface area (Å²) in [6.07, 6.45) is 0.650. The Labute approximate surface area is 134 Å². The summed E-state index contributed by atoms with van der Waals surface area (Å²) >= 11 is 3.38. The highest BCUT2D eigenvalue weighted by molar-refractivity contribution is 9.09. The van der Waals surface area contributed by atoms with Crippen LogP contribution in [0.5, 0.6) is 0 Å². The molecule has 21 heavy (non-hydrogen) atoms. The zero-order valence-electron chi connectivity index (χ0n) is 11.8. The number of sulfonamides is 1. The quantitative estimate of drug-likeness (QED) is 0.796. The van der Waals surface area contributed by atoms with Crippen molar-refractivity contribution in [2.24, 2.45) is 0 Å². The highest BCUT2D eigenvalue weighted by Gasteiger charge is 2.19. The number of rotatable bonds is 6. The molecule has 1 N–H and O–H groups in total. The third-order valence-electron chi connectivity index (χ3n) is 3.16. The Balaban J connectivity index is 2.12. The molecule has 0 heterocycles. The lowest BCUT2D eigenvalue weighted by Gasteiger charge is -2.16. The smallest absolute Gasteiger partial charge is 0.207 e. The van der Waals surface area contributed by atoms with Crippen LogP contribution in [0.3, 0.4) is 0 Å². The van der Waals surface area contributed by atoms with Crippen molar-refractivity contribution in [2.75, 3.05) is 5.33 Å². The molecule has 0 aliphatic heterocycles. The van der Waals surface area contributed by atoms with Gasteiger partial charge in [-0.2, -0.15) is 0 Å². The standard InChI is InChI=1S/C16H18BrNO2S/c1-13-7-9-16(10-8-13)21(19,20)18-15(12-17)11-14-5-3-2-4-6-14/h2-10,15,18H,11-12H2,1H3/t15-/m0/s1. The molecule has 2 aromatic rings. The van der Waals surface area contributed by atoms with Crippen LogP contribution in [0.1, 0.15) is 11.1 Å². The third kappa shape index (κ3) is 4.66. The van der Waals surface area contributed by atoms with Gasteiger partial charge in [-0.1, -0.05) is 64.0 Å². The summed E-state index contributed by atoms with van der Waals surface area (Å²) in [6, 6.07) is 16.5. The van der Waals surface area contributed by atoms with Crippen LogP contribution >= 0.6 is 15.9 Å². The Morgan fingerprint density at radius 2 is 1.67 bits per heavy atom. The van der Waals surface area contributed by atoms with E-state index >= 15 is 0 Å². The Morgan fingerprint density at radius 1 is 1.05 bits per heavy atom. The largest absolute Gasteiger partial charge is 0.240 e. The molecule has 0 aliphatic rings. The fraction of sp³-hybridized carbons (Fsp3) is 0.250. The van der Waals surface area contributed by atoms with E-state index in [1.807, 2.05) is 37.3 Å². The summed E-state index contributed by atoms with van der Waals surface area (Å²) in [5.41, 5.74) is 2.14. The monoisotopic (exact) mass is 367 g/mol. The highest BCUT2D eigenvalue weighted by Crippen LogP contribution is 2.13. The molecule has 1 atom stereocenters. The van der Waals surface area contributed by atoms with E-state index in [0.717, 1.165) is 11.1 Å².